The first-order chi connectivity index (χ1) is 5.77. The topological polar surface area (TPSA) is 29.5 Å². The molecule has 0 saturated heterocycles. The van der Waals surface area contributed by atoms with E-state index >= 15 is 0 Å². The lowest BCUT2D eigenvalue weighted by Gasteiger charge is -2.08. The Morgan fingerprint density at radius 3 is 2.83 bits per heavy atom. The van der Waals surface area contributed by atoms with Gasteiger partial charge in [0.25, 0.3) is 0 Å². The van der Waals surface area contributed by atoms with Gasteiger partial charge in [0.1, 0.15) is 5.75 Å². The first kappa shape index (κ1) is 9.50. The number of hydrogen-bond acceptors (Lipinski definition) is 2. The van der Waals surface area contributed by atoms with E-state index in [1.165, 1.54) is 0 Å². The van der Waals surface area contributed by atoms with Gasteiger partial charge in [-0.3, -0.25) is 0 Å². The molecule has 2 nitrogen and oxygen atoms in total. The molecule has 0 aromatic heterocycles. The zero-order valence-electron chi connectivity index (χ0n) is 7.32. The molecule has 0 fully saturated rings. The van der Waals surface area contributed by atoms with Gasteiger partial charge in [0.2, 0.25) is 0 Å². The predicted octanol–water partition coefficient (Wildman–Crippen LogP) is 1.73. The maximum Gasteiger partial charge on any atom is 0.119 e. The maximum absolute atomic E-state index is 9.56. The smallest absolute Gasteiger partial charge is 0.119 e. The zero-order valence-corrected chi connectivity index (χ0v) is 8.21. The van der Waals surface area contributed by atoms with Crippen LogP contribution >= 0.6 is 8.15 Å². The molecule has 1 atom stereocenters. The summed E-state index contributed by atoms with van der Waals surface area (Å²) < 4.78 is 5.05. The summed E-state index contributed by atoms with van der Waals surface area (Å²) in [4.78, 5) is 9.56. The van der Waals surface area contributed by atoms with Gasteiger partial charge in [-0.05, 0) is 18.3 Å². The molecule has 0 spiro atoms. The average molecular weight is 184 g/mol. The van der Waals surface area contributed by atoms with Crippen molar-refractivity contribution < 1.29 is 9.63 Å². The molecule has 0 radical (unpaired) electrons. The van der Waals surface area contributed by atoms with Gasteiger partial charge >= 0.3 is 0 Å². The van der Waals surface area contributed by atoms with E-state index < -0.39 is 8.15 Å². The Hall–Kier alpha value is -0.590. The molecule has 1 aromatic carbocycles. The summed E-state index contributed by atoms with van der Waals surface area (Å²) >= 11 is 0. The van der Waals surface area contributed by atoms with Gasteiger partial charge < -0.3 is 9.63 Å². The molecule has 1 rings (SSSR count). The van der Waals surface area contributed by atoms with Crippen molar-refractivity contribution in [3.63, 3.8) is 0 Å². The molecule has 0 bridgehead atoms. The molecule has 66 valence electrons. The Bertz CT molecular complexity index is 250. The van der Waals surface area contributed by atoms with E-state index in [2.05, 4.69) is 0 Å². The molecule has 0 heterocycles. The van der Waals surface area contributed by atoms with Crippen LogP contribution in [0.15, 0.2) is 24.3 Å². The number of ether oxygens (including phenoxy) is 1. The molecule has 0 saturated carbocycles. The molecule has 0 amide bonds. The van der Waals surface area contributed by atoms with Crippen LogP contribution in [-0.4, -0.2) is 18.2 Å². The van der Waals surface area contributed by atoms with Crippen LogP contribution in [0.25, 0.3) is 0 Å². The van der Waals surface area contributed by atoms with Crippen LogP contribution in [0.4, 0.5) is 0 Å². The molecule has 1 N–H and O–H groups in total. The summed E-state index contributed by atoms with van der Waals surface area (Å²) in [7, 11) is 0.654. The molecule has 0 aliphatic heterocycles. The fourth-order valence-electron chi connectivity index (χ4n) is 0.954. The first-order valence-electron chi connectivity index (χ1n) is 3.88. The Balaban J connectivity index is 2.86. The van der Waals surface area contributed by atoms with Crippen molar-refractivity contribution >= 4 is 13.5 Å². The van der Waals surface area contributed by atoms with Crippen molar-refractivity contribution in [2.45, 2.75) is 6.92 Å². The lowest BCUT2D eigenvalue weighted by atomic mass is 10.3. The Morgan fingerprint density at radius 2 is 2.25 bits per heavy atom. The predicted molar refractivity (Wildman–Crippen MR) is 52.3 cm³/mol. The third kappa shape index (κ3) is 2.20. The molecule has 1 unspecified atom stereocenters. The molecular weight excluding hydrogens is 171 g/mol. The number of rotatable bonds is 3. The summed E-state index contributed by atoms with van der Waals surface area (Å²) in [6.07, 6.45) is 0.794. The highest BCUT2D eigenvalue weighted by atomic mass is 31.1. The van der Waals surface area contributed by atoms with Gasteiger partial charge in [0, 0.05) is 5.30 Å². The molecule has 12 heavy (non-hydrogen) atoms. The molecular formula is C9H13O2P. The van der Waals surface area contributed by atoms with Crippen molar-refractivity contribution in [1.82, 2.24) is 0 Å². The van der Waals surface area contributed by atoms with Crippen molar-refractivity contribution in [3.05, 3.63) is 24.3 Å². The van der Waals surface area contributed by atoms with E-state index in [4.69, 9.17) is 4.74 Å². The fraction of sp³-hybridized carbons (Fsp3) is 0.333. The Labute approximate surface area is 74.0 Å². The largest absolute Gasteiger partial charge is 0.497 e. The van der Waals surface area contributed by atoms with Crippen LogP contribution < -0.4 is 10.0 Å². The van der Waals surface area contributed by atoms with Gasteiger partial charge in [-0.1, -0.05) is 19.1 Å². The zero-order chi connectivity index (χ0) is 8.97. The summed E-state index contributed by atoms with van der Waals surface area (Å²) in [6.45, 7) is 1.98. The standard InChI is InChI=1S/C9H13O2P/c1-3-12(10)9-6-4-5-8(7-9)11-2/h4-7,10H,3H2,1-2H3. The van der Waals surface area contributed by atoms with Crippen LogP contribution in [0.5, 0.6) is 5.75 Å². The summed E-state index contributed by atoms with van der Waals surface area (Å²) in [5.41, 5.74) is 0. The molecule has 1 aromatic rings. The van der Waals surface area contributed by atoms with Crippen LogP contribution in [0.3, 0.4) is 0 Å². The summed E-state index contributed by atoms with van der Waals surface area (Å²) in [5, 5.41) is 0.979. The highest BCUT2D eigenvalue weighted by Crippen LogP contribution is 2.28. The molecule has 0 aliphatic carbocycles. The minimum Gasteiger partial charge on any atom is -0.497 e. The van der Waals surface area contributed by atoms with Crippen molar-refractivity contribution in [2.24, 2.45) is 0 Å². The van der Waals surface area contributed by atoms with Crippen LogP contribution in [0.2, 0.25) is 0 Å². The second-order valence-corrected chi connectivity index (χ2v) is 4.37. The van der Waals surface area contributed by atoms with Crippen molar-refractivity contribution in [3.8, 4) is 5.75 Å². The summed E-state index contributed by atoms with van der Waals surface area (Å²) in [6, 6.07) is 7.59. The van der Waals surface area contributed by atoms with Crippen molar-refractivity contribution in [1.29, 1.82) is 0 Å². The Morgan fingerprint density at radius 1 is 1.50 bits per heavy atom. The lowest BCUT2D eigenvalue weighted by molar-refractivity contribution is 0.415. The van der Waals surface area contributed by atoms with Gasteiger partial charge in [-0.2, -0.15) is 0 Å². The minimum atomic E-state index is -0.975. The minimum absolute atomic E-state index is 0.794. The highest BCUT2D eigenvalue weighted by molar-refractivity contribution is 7.59. The number of benzene rings is 1. The molecule has 0 aliphatic rings. The second-order valence-electron chi connectivity index (χ2n) is 2.42. The van der Waals surface area contributed by atoms with Crippen LogP contribution in [-0.2, 0) is 0 Å². The normalized spacial score (nSPS) is 12.6. The fourth-order valence-corrected chi connectivity index (χ4v) is 1.85. The van der Waals surface area contributed by atoms with Gasteiger partial charge in [0.05, 0.1) is 15.3 Å². The number of hydrogen-bond donors (Lipinski definition) is 1. The van der Waals surface area contributed by atoms with E-state index in [-0.39, 0.29) is 0 Å². The second kappa shape index (κ2) is 4.44. The van der Waals surface area contributed by atoms with E-state index in [0.717, 1.165) is 17.2 Å². The first-order valence-corrected chi connectivity index (χ1v) is 5.36. The van der Waals surface area contributed by atoms with E-state index in [9.17, 15) is 4.89 Å². The van der Waals surface area contributed by atoms with Gasteiger partial charge in [0.15, 0.2) is 0 Å². The summed E-state index contributed by atoms with van der Waals surface area (Å²) in [5.74, 6) is 0.808. The SMILES string of the molecule is CCP(O)c1cccc(OC)c1. The maximum atomic E-state index is 9.56. The molecule has 3 heteroatoms. The highest BCUT2D eigenvalue weighted by Gasteiger charge is 2.04. The van der Waals surface area contributed by atoms with E-state index in [1.54, 1.807) is 7.11 Å². The third-order valence-corrected chi connectivity index (χ3v) is 3.12. The lowest BCUT2D eigenvalue weighted by Crippen LogP contribution is -2.01. The number of methoxy groups -OCH3 is 1. The van der Waals surface area contributed by atoms with Gasteiger partial charge in [-0.15, -0.1) is 0 Å². The van der Waals surface area contributed by atoms with E-state index in [0.29, 0.717) is 0 Å². The van der Waals surface area contributed by atoms with Gasteiger partial charge in [-0.25, -0.2) is 0 Å². The third-order valence-electron chi connectivity index (χ3n) is 1.65. The Kier molecular flexibility index (Phi) is 3.51. The van der Waals surface area contributed by atoms with Crippen LogP contribution in [0, 0.1) is 0 Å². The van der Waals surface area contributed by atoms with Crippen molar-refractivity contribution in [2.75, 3.05) is 13.3 Å². The monoisotopic (exact) mass is 184 g/mol. The van der Waals surface area contributed by atoms with E-state index in [1.807, 2.05) is 31.2 Å². The average Bonchev–Trinajstić information content (AvgIpc) is 2.17. The van der Waals surface area contributed by atoms with Crippen LogP contribution in [0.1, 0.15) is 6.92 Å². The quantitative estimate of drug-likeness (QED) is 0.725.